The van der Waals surface area contributed by atoms with Gasteiger partial charge in [-0.05, 0) is 52.4 Å². The molecule has 1 rings (SSSR count). The molecule has 2 atom stereocenters. The normalized spacial score (nSPS) is 22.7. The molecule has 0 aromatic carbocycles. The third-order valence-electron chi connectivity index (χ3n) is 6.50. The molecule has 0 heterocycles. The number of rotatable bonds is 9. The molecule has 26 heavy (non-hydrogen) atoms. The zero-order valence-electron chi connectivity index (χ0n) is 18.2. The van der Waals surface area contributed by atoms with Crippen LogP contribution in [-0.2, 0) is 19.1 Å². The number of hydrogen-bond donors (Lipinski definition) is 0. The quantitative estimate of drug-likeness (QED) is 0.302. The second-order valence-electron chi connectivity index (χ2n) is 8.90. The van der Waals surface area contributed by atoms with Crippen molar-refractivity contribution in [3.63, 3.8) is 0 Å². The molecule has 0 aromatic heterocycles. The molecule has 0 spiro atoms. The summed E-state index contributed by atoms with van der Waals surface area (Å²) in [6.07, 6.45) is 0.683. The monoisotopic (exact) mass is 384 g/mol. The average molecular weight is 385 g/mol. The van der Waals surface area contributed by atoms with Gasteiger partial charge in [-0.1, -0.05) is 51.9 Å². The molecule has 0 aliphatic heterocycles. The van der Waals surface area contributed by atoms with E-state index >= 15 is 0 Å². The molecule has 1 saturated carbocycles. The van der Waals surface area contributed by atoms with Crippen molar-refractivity contribution in [1.82, 2.24) is 0 Å². The Morgan fingerprint density at radius 3 is 1.69 bits per heavy atom. The smallest absolute Gasteiger partial charge is 0.323 e. The van der Waals surface area contributed by atoms with E-state index in [4.69, 9.17) is 9.47 Å². The fourth-order valence-corrected chi connectivity index (χ4v) is 8.56. The van der Waals surface area contributed by atoms with Crippen molar-refractivity contribution in [3.8, 4) is 0 Å². The number of hydrogen-bond acceptors (Lipinski definition) is 4. The Labute approximate surface area is 161 Å². The van der Waals surface area contributed by atoms with Crippen molar-refractivity contribution in [3.05, 3.63) is 0 Å². The Morgan fingerprint density at radius 2 is 1.35 bits per heavy atom. The summed E-state index contributed by atoms with van der Waals surface area (Å²) >= 11 is 0. The third kappa shape index (κ3) is 5.11. The Balaban J connectivity index is 3.13. The molecule has 0 N–H and O–H groups in total. The van der Waals surface area contributed by atoms with Crippen molar-refractivity contribution >= 4 is 20.0 Å². The maximum Gasteiger partial charge on any atom is 0.323 e. The van der Waals surface area contributed by atoms with Crippen LogP contribution in [0.3, 0.4) is 0 Å². The van der Waals surface area contributed by atoms with Crippen molar-refractivity contribution in [2.75, 3.05) is 0 Å². The SMILES string of the molecule is CC[Si](CC)(CC)C[C@H]1CC(C(=O)OC(C)C)(C(=O)OC(C)C)C[C@@H]1C. The molecule has 0 aromatic rings. The van der Waals surface area contributed by atoms with Crippen molar-refractivity contribution in [2.24, 2.45) is 17.3 Å². The molecule has 0 unspecified atom stereocenters. The number of esters is 2. The minimum Gasteiger partial charge on any atom is -0.462 e. The lowest BCUT2D eigenvalue weighted by molar-refractivity contribution is -0.177. The first kappa shape index (κ1) is 23.2. The van der Waals surface area contributed by atoms with E-state index in [0.29, 0.717) is 24.7 Å². The Hall–Kier alpha value is -0.843. The highest BCUT2D eigenvalue weighted by Crippen LogP contribution is 2.51. The van der Waals surface area contributed by atoms with Crippen LogP contribution in [0.25, 0.3) is 0 Å². The van der Waals surface area contributed by atoms with Gasteiger partial charge in [0.1, 0.15) is 0 Å². The predicted molar refractivity (Wildman–Crippen MR) is 109 cm³/mol. The van der Waals surface area contributed by atoms with Gasteiger partial charge in [-0.15, -0.1) is 0 Å². The lowest BCUT2D eigenvalue weighted by Gasteiger charge is -2.33. The maximum absolute atomic E-state index is 13.0. The minimum absolute atomic E-state index is 0.226. The van der Waals surface area contributed by atoms with Crippen LogP contribution in [0.1, 0.15) is 68.2 Å². The summed E-state index contributed by atoms with van der Waals surface area (Å²) in [5, 5.41) is 0. The van der Waals surface area contributed by atoms with Crippen molar-refractivity contribution < 1.29 is 19.1 Å². The van der Waals surface area contributed by atoms with E-state index in [-0.39, 0.29) is 24.1 Å². The molecule has 1 fully saturated rings. The highest BCUT2D eigenvalue weighted by Gasteiger charge is 2.57. The summed E-state index contributed by atoms with van der Waals surface area (Å²) < 4.78 is 11.0. The molecular weight excluding hydrogens is 344 g/mol. The van der Waals surface area contributed by atoms with E-state index in [1.54, 1.807) is 0 Å². The van der Waals surface area contributed by atoms with Crippen LogP contribution >= 0.6 is 0 Å². The molecule has 0 amide bonds. The second-order valence-corrected chi connectivity index (χ2v) is 14.4. The lowest BCUT2D eigenvalue weighted by atomic mass is 9.85. The molecule has 4 nitrogen and oxygen atoms in total. The Kier molecular flexibility index (Phi) is 8.37. The lowest BCUT2D eigenvalue weighted by Crippen LogP contribution is -2.42. The summed E-state index contributed by atoms with van der Waals surface area (Å²) in [5.74, 6) is -0.0274. The molecule has 152 valence electrons. The molecule has 0 radical (unpaired) electrons. The minimum atomic E-state index is -1.32. The fourth-order valence-electron chi connectivity index (χ4n) is 4.53. The molecule has 5 heteroatoms. The number of ether oxygens (including phenoxy) is 2. The molecular formula is C21H40O4Si. The van der Waals surface area contributed by atoms with Crippen LogP contribution in [0.2, 0.25) is 24.2 Å². The maximum atomic E-state index is 13.0. The predicted octanol–water partition coefficient (Wildman–Crippen LogP) is 5.43. The highest BCUT2D eigenvalue weighted by atomic mass is 28.3. The van der Waals surface area contributed by atoms with Crippen LogP contribution < -0.4 is 0 Å². The number of carbonyl (C=O) groups is 2. The van der Waals surface area contributed by atoms with E-state index in [2.05, 4.69) is 27.7 Å². The Bertz CT molecular complexity index is 452. The topological polar surface area (TPSA) is 52.6 Å². The second kappa shape index (κ2) is 9.38. The van der Waals surface area contributed by atoms with Crippen LogP contribution in [-0.4, -0.2) is 32.2 Å². The zero-order chi connectivity index (χ0) is 20.1. The van der Waals surface area contributed by atoms with Crippen LogP contribution in [0.5, 0.6) is 0 Å². The highest BCUT2D eigenvalue weighted by molar-refractivity contribution is 6.79. The van der Waals surface area contributed by atoms with Crippen LogP contribution in [0.15, 0.2) is 0 Å². The van der Waals surface area contributed by atoms with Gasteiger partial charge in [0.25, 0.3) is 0 Å². The average Bonchev–Trinajstić information content (AvgIpc) is 2.89. The largest absolute Gasteiger partial charge is 0.462 e. The van der Waals surface area contributed by atoms with Gasteiger partial charge in [-0.3, -0.25) is 9.59 Å². The van der Waals surface area contributed by atoms with E-state index in [1.165, 1.54) is 24.2 Å². The third-order valence-corrected chi connectivity index (χ3v) is 12.4. The Morgan fingerprint density at radius 1 is 0.923 bits per heavy atom. The number of carbonyl (C=O) groups excluding carboxylic acids is 2. The van der Waals surface area contributed by atoms with E-state index < -0.39 is 13.5 Å². The summed E-state index contributed by atoms with van der Waals surface area (Å²) in [6.45, 7) is 16.5. The first-order valence-electron chi connectivity index (χ1n) is 10.5. The van der Waals surface area contributed by atoms with E-state index in [0.717, 1.165) is 0 Å². The van der Waals surface area contributed by atoms with Crippen molar-refractivity contribution in [1.29, 1.82) is 0 Å². The van der Waals surface area contributed by atoms with Gasteiger partial charge in [0.15, 0.2) is 5.41 Å². The van der Waals surface area contributed by atoms with Gasteiger partial charge in [-0.2, -0.15) is 0 Å². The fraction of sp³-hybridized carbons (Fsp3) is 0.905. The van der Waals surface area contributed by atoms with Gasteiger partial charge in [0.2, 0.25) is 0 Å². The standard InChI is InChI=1S/C21H40O4Si/c1-9-26(10-2,11-3)14-18-13-21(12-17(18)8,19(22)24-15(4)5)20(23)25-16(6)7/h15-18H,9-14H2,1-8H3/t17-,18+/m0/s1. The van der Waals surface area contributed by atoms with Gasteiger partial charge >= 0.3 is 11.9 Å². The summed E-state index contributed by atoms with van der Waals surface area (Å²) in [7, 11) is -1.32. The first-order chi connectivity index (χ1) is 12.1. The summed E-state index contributed by atoms with van der Waals surface area (Å²) in [5.41, 5.74) is -1.12. The zero-order valence-corrected chi connectivity index (χ0v) is 19.2. The van der Waals surface area contributed by atoms with Gasteiger partial charge in [0.05, 0.1) is 20.3 Å². The van der Waals surface area contributed by atoms with E-state index in [9.17, 15) is 9.59 Å². The van der Waals surface area contributed by atoms with Crippen LogP contribution in [0, 0.1) is 17.3 Å². The van der Waals surface area contributed by atoms with Gasteiger partial charge in [0, 0.05) is 0 Å². The first-order valence-corrected chi connectivity index (χ1v) is 13.3. The van der Waals surface area contributed by atoms with Crippen molar-refractivity contribution in [2.45, 2.75) is 105 Å². The van der Waals surface area contributed by atoms with Gasteiger partial charge in [-0.25, -0.2) is 0 Å². The summed E-state index contributed by atoms with van der Waals surface area (Å²) in [6, 6.07) is 5.00. The molecule has 1 aliphatic carbocycles. The van der Waals surface area contributed by atoms with Crippen LogP contribution in [0.4, 0.5) is 0 Å². The van der Waals surface area contributed by atoms with Gasteiger partial charge < -0.3 is 9.47 Å². The molecule has 0 saturated heterocycles. The molecule has 0 bridgehead atoms. The van der Waals surface area contributed by atoms with E-state index in [1.807, 2.05) is 27.7 Å². The summed E-state index contributed by atoms with van der Waals surface area (Å²) in [4.78, 5) is 25.9. The molecule has 1 aliphatic rings.